The van der Waals surface area contributed by atoms with Crippen LogP contribution in [0.2, 0.25) is 5.02 Å². The van der Waals surface area contributed by atoms with Gasteiger partial charge < -0.3 is 15.0 Å². The van der Waals surface area contributed by atoms with E-state index in [0.29, 0.717) is 35.7 Å². The lowest BCUT2D eigenvalue weighted by Crippen LogP contribution is -2.41. The summed E-state index contributed by atoms with van der Waals surface area (Å²) in [5, 5.41) is 3.35. The number of piperidine rings is 1. The van der Waals surface area contributed by atoms with Crippen LogP contribution in [0.1, 0.15) is 38.2 Å². The summed E-state index contributed by atoms with van der Waals surface area (Å²) < 4.78 is 33.5. The van der Waals surface area contributed by atoms with Crippen LogP contribution in [0.25, 0.3) is 0 Å². The van der Waals surface area contributed by atoms with Crippen molar-refractivity contribution in [3.05, 3.63) is 47.0 Å². The number of amides is 2. The Morgan fingerprint density at radius 1 is 1.03 bits per heavy atom. The van der Waals surface area contributed by atoms with Gasteiger partial charge in [-0.05, 0) is 81.0 Å². The standard InChI is InChI=1S/C26H30ClN3O5S/c1-16-13-19-14-21(6-7-23(19)30(16)26(32)18-3-4-18)36(33,34)29-11-9-17(10-12-29)25(31)28-22-15-20(27)5-8-24(22)35-2/h5-8,14-18H,3-4,9-13H2,1-2H3,(H,28,31)/t16-/m0/s1. The Kier molecular flexibility index (Phi) is 6.74. The number of benzene rings is 2. The molecule has 2 aromatic carbocycles. The van der Waals surface area contributed by atoms with Gasteiger partial charge in [0.1, 0.15) is 5.75 Å². The number of rotatable bonds is 6. The van der Waals surface area contributed by atoms with Crippen LogP contribution in [0.4, 0.5) is 11.4 Å². The molecule has 1 N–H and O–H groups in total. The van der Waals surface area contributed by atoms with Gasteiger partial charge >= 0.3 is 0 Å². The monoisotopic (exact) mass is 531 g/mol. The molecule has 3 aliphatic rings. The number of halogens is 1. The largest absolute Gasteiger partial charge is 0.495 e. The van der Waals surface area contributed by atoms with Gasteiger partial charge in [-0.3, -0.25) is 9.59 Å². The number of hydrogen-bond acceptors (Lipinski definition) is 5. The summed E-state index contributed by atoms with van der Waals surface area (Å²) in [6.45, 7) is 2.52. The highest BCUT2D eigenvalue weighted by molar-refractivity contribution is 7.89. The molecule has 0 unspecified atom stereocenters. The molecule has 1 saturated heterocycles. The van der Waals surface area contributed by atoms with Gasteiger partial charge in [0, 0.05) is 41.7 Å². The highest BCUT2D eigenvalue weighted by Gasteiger charge is 2.40. The van der Waals surface area contributed by atoms with E-state index in [-0.39, 0.29) is 47.7 Å². The van der Waals surface area contributed by atoms with Crippen LogP contribution in [0, 0.1) is 11.8 Å². The first kappa shape index (κ1) is 25.0. The van der Waals surface area contributed by atoms with Crippen LogP contribution in [-0.2, 0) is 26.0 Å². The van der Waals surface area contributed by atoms with Crippen LogP contribution in [0.15, 0.2) is 41.3 Å². The number of fused-ring (bicyclic) bond motifs is 1. The third kappa shape index (κ3) is 4.71. The van der Waals surface area contributed by atoms with Crippen LogP contribution < -0.4 is 15.0 Å². The van der Waals surface area contributed by atoms with E-state index in [0.717, 1.165) is 24.1 Å². The van der Waals surface area contributed by atoms with Gasteiger partial charge in [0.05, 0.1) is 17.7 Å². The Morgan fingerprint density at radius 3 is 2.42 bits per heavy atom. The van der Waals surface area contributed by atoms with Crippen molar-refractivity contribution in [1.82, 2.24) is 4.31 Å². The van der Waals surface area contributed by atoms with E-state index in [2.05, 4.69) is 5.32 Å². The maximum absolute atomic E-state index is 13.4. The minimum atomic E-state index is -3.71. The molecule has 192 valence electrons. The Hall–Kier alpha value is -2.62. The summed E-state index contributed by atoms with van der Waals surface area (Å²) in [6.07, 6.45) is 3.35. The lowest BCUT2D eigenvalue weighted by Gasteiger charge is -2.30. The van der Waals surface area contributed by atoms with Crippen molar-refractivity contribution in [3.8, 4) is 5.75 Å². The van der Waals surface area contributed by atoms with Crippen molar-refractivity contribution in [2.45, 2.75) is 50.0 Å². The molecule has 36 heavy (non-hydrogen) atoms. The summed E-state index contributed by atoms with van der Waals surface area (Å²) in [5.74, 6) is 0.270. The number of nitrogens with one attached hydrogen (secondary N) is 1. The number of anilines is 2. The average molecular weight is 532 g/mol. The molecule has 0 aromatic heterocycles. The van der Waals surface area contributed by atoms with Crippen LogP contribution in [0.3, 0.4) is 0 Å². The fraction of sp³-hybridized carbons (Fsp3) is 0.462. The Balaban J connectivity index is 1.25. The van der Waals surface area contributed by atoms with Crippen molar-refractivity contribution in [2.24, 2.45) is 11.8 Å². The number of carbonyl (C=O) groups excluding carboxylic acids is 2. The van der Waals surface area contributed by atoms with E-state index >= 15 is 0 Å². The highest BCUT2D eigenvalue weighted by Crippen LogP contribution is 2.40. The molecular weight excluding hydrogens is 502 g/mol. The van der Waals surface area contributed by atoms with Gasteiger partial charge in [0.15, 0.2) is 0 Å². The van der Waals surface area contributed by atoms with E-state index < -0.39 is 10.0 Å². The van der Waals surface area contributed by atoms with Gasteiger partial charge in [-0.1, -0.05) is 11.6 Å². The summed E-state index contributed by atoms with van der Waals surface area (Å²) in [6, 6.07) is 10.1. The molecule has 1 aliphatic carbocycles. The van der Waals surface area contributed by atoms with Crippen molar-refractivity contribution in [2.75, 3.05) is 30.4 Å². The highest BCUT2D eigenvalue weighted by atomic mass is 35.5. The van der Waals surface area contributed by atoms with Crippen LogP contribution in [-0.4, -0.2) is 50.8 Å². The van der Waals surface area contributed by atoms with Crippen molar-refractivity contribution >= 4 is 44.8 Å². The van der Waals surface area contributed by atoms with Gasteiger partial charge in [0.2, 0.25) is 21.8 Å². The zero-order valence-electron chi connectivity index (χ0n) is 20.4. The maximum atomic E-state index is 13.4. The summed E-state index contributed by atoms with van der Waals surface area (Å²) >= 11 is 6.05. The molecule has 0 bridgehead atoms. The van der Waals surface area contributed by atoms with E-state index in [1.54, 1.807) is 36.4 Å². The van der Waals surface area contributed by atoms with E-state index in [4.69, 9.17) is 16.3 Å². The van der Waals surface area contributed by atoms with E-state index in [1.807, 2.05) is 11.8 Å². The number of hydrogen-bond donors (Lipinski definition) is 1. The lowest BCUT2D eigenvalue weighted by atomic mass is 9.97. The van der Waals surface area contributed by atoms with Crippen molar-refractivity contribution in [1.29, 1.82) is 0 Å². The third-order valence-electron chi connectivity index (χ3n) is 7.31. The third-order valence-corrected chi connectivity index (χ3v) is 9.44. The molecule has 0 radical (unpaired) electrons. The molecule has 1 atom stereocenters. The fourth-order valence-corrected chi connectivity index (χ4v) is 6.84. The normalized spacial score (nSPS) is 20.8. The van der Waals surface area contributed by atoms with E-state index in [9.17, 15) is 18.0 Å². The maximum Gasteiger partial charge on any atom is 0.243 e. The van der Waals surface area contributed by atoms with Crippen molar-refractivity contribution < 1.29 is 22.7 Å². The van der Waals surface area contributed by atoms with Gasteiger partial charge in [-0.2, -0.15) is 4.31 Å². The molecule has 2 amide bonds. The molecule has 2 aromatic rings. The second-order valence-corrected chi connectivity index (χ2v) is 12.2. The Bertz CT molecular complexity index is 1300. The molecule has 8 nitrogen and oxygen atoms in total. The molecule has 2 aliphatic heterocycles. The van der Waals surface area contributed by atoms with Crippen LogP contribution in [0.5, 0.6) is 5.75 Å². The number of nitrogens with zero attached hydrogens (tertiary/aromatic N) is 2. The topological polar surface area (TPSA) is 96.0 Å². The molecular formula is C26H30ClN3O5S. The molecule has 1 saturated carbocycles. The second-order valence-electron chi connectivity index (χ2n) is 9.84. The zero-order valence-corrected chi connectivity index (χ0v) is 21.9. The first-order valence-corrected chi connectivity index (χ1v) is 14.1. The molecule has 5 rings (SSSR count). The summed E-state index contributed by atoms with van der Waals surface area (Å²) in [5.41, 5.74) is 2.21. The molecule has 2 heterocycles. The molecule has 10 heteroatoms. The quantitative estimate of drug-likeness (QED) is 0.606. The minimum Gasteiger partial charge on any atom is -0.495 e. The number of ether oxygens (including phenoxy) is 1. The fourth-order valence-electron chi connectivity index (χ4n) is 5.15. The predicted octanol–water partition coefficient (Wildman–Crippen LogP) is 4.08. The van der Waals surface area contributed by atoms with Gasteiger partial charge in [-0.25, -0.2) is 8.42 Å². The minimum absolute atomic E-state index is 0.0263. The lowest BCUT2D eigenvalue weighted by molar-refractivity contribution is -0.121. The Morgan fingerprint density at radius 2 is 1.75 bits per heavy atom. The van der Waals surface area contributed by atoms with Crippen molar-refractivity contribution in [3.63, 3.8) is 0 Å². The van der Waals surface area contributed by atoms with E-state index in [1.165, 1.54) is 11.4 Å². The van der Waals surface area contributed by atoms with Gasteiger partial charge in [0.25, 0.3) is 0 Å². The summed E-state index contributed by atoms with van der Waals surface area (Å²) in [4.78, 5) is 27.6. The number of sulfonamides is 1. The zero-order chi connectivity index (χ0) is 25.6. The number of methoxy groups -OCH3 is 1. The van der Waals surface area contributed by atoms with Gasteiger partial charge in [-0.15, -0.1) is 0 Å². The predicted molar refractivity (Wildman–Crippen MR) is 138 cm³/mol. The molecule has 2 fully saturated rings. The first-order valence-electron chi connectivity index (χ1n) is 12.3. The van der Waals surface area contributed by atoms with Crippen LogP contribution >= 0.6 is 11.6 Å². The number of carbonyl (C=O) groups is 2. The first-order chi connectivity index (χ1) is 17.2. The summed E-state index contributed by atoms with van der Waals surface area (Å²) in [7, 11) is -2.19. The smallest absolute Gasteiger partial charge is 0.243 e. The SMILES string of the molecule is COc1ccc(Cl)cc1NC(=O)C1CCN(S(=O)(=O)c2ccc3c(c2)C[C@H](C)N3C(=O)C2CC2)CC1. The average Bonchev–Trinajstić information content (AvgIpc) is 3.65. The molecule has 0 spiro atoms. The Labute approximate surface area is 216 Å². The second kappa shape index (κ2) is 9.68.